The van der Waals surface area contributed by atoms with Crippen LogP contribution in [0.3, 0.4) is 0 Å². The average Bonchev–Trinajstić information content (AvgIpc) is 2.71. The van der Waals surface area contributed by atoms with Crippen LogP contribution < -0.4 is 5.32 Å². The number of aromatic nitrogens is 2. The molecule has 4 nitrogen and oxygen atoms in total. The van der Waals surface area contributed by atoms with Crippen LogP contribution in [-0.4, -0.2) is 22.0 Å². The number of nitrogens with zero attached hydrogens (tertiary/aromatic N) is 2. The molecular weight excluding hydrogens is 214 g/mol. The number of imidazole rings is 1. The minimum absolute atomic E-state index is 0.0222. The maximum Gasteiger partial charge on any atom is 0.251 e. The summed E-state index contributed by atoms with van der Waals surface area (Å²) in [5.41, 5.74) is 2.57. The fraction of sp³-hybridized carbons (Fsp3) is 0.385. The first-order valence-electron chi connectivity index (χ1n) is 5.91. The Kier molecular flexibility index (Phi) is 3.42. The maximum atomic E-state index is 11.8. The molecule has 1 amide bonds. The van der Waals surface area contributed by atoms with Crippen LogP contribution in [0.15, 0.2) is 24.5 Å². The van der Waals surface area contributed by atoms with Crippen molar-refractivity contribution in [3.8, 4) is 0 Å². The van der Waals surface area contributed by atoms with Crippen molar-refractivity contribution in [3.05, 3.63) is 30.1 Å². The van der Waals surface area contributed by atoms with Crippen molar-refractivity contribution in [1.29, 1.82) is 0 Å². The summed E-state index contributed by atoms with van der Waals surface area (Å²) in [5.74, 6) is -0.0222. The third-order valence-electron chi connectivity index (χ3n) is 2.80. The molecular formula is C13H17N3O. The first kappa shape index (κ1) is 11.6. The minimum atomic E-state index is -0.0222. The normalized spacial score (nSPS) is 10.7. The summed E-state index contributed by atoms with van der Waals surface area (Å²) in [6.45, 7) is 2.84. The summed E-state index contributed by atoms with van der Waals surface area (Å²) < 4.78 is 1.94. The number of benzene rings is 1. The Bertz CT molecular complexity index is 530. The molecule has 0 radical (unpaired) electrons. The van der Waals surface area contributed by atoms with Gasteiger partial charge in [0, 0.05) is 19.2 Å². The summed E-state index contributed by atoms with van der Waals surface area (Å²) in [5, 5.41) is 2.90. The third kappa shape index (κ3) is 2.46. The average molecular weight is 231 g/mol. The molecule has 0 spiro atoms. The van der Waals surface area contributed by atoms with Gasteiger partial charge in [-0.3, -0.25) is 4.79 Å². The van der Waals surface area contributed by atoms with Gasteiger partial charge in [-0.05, 0) is 24.6 Å². The standard InChI is InChI=1S/C13H17N3O/c1-3-4-7-14-13(17)10-5-6-12-11(8-10)15-9-16(12)2/h5-6,8-9H,3-4,7H2,1-2H3,(H,14,17). The molecule has 1 aromatic heterocycles. The lowest BCUT2D eigenvalue weighted by Gasteiger charge is -2.04. The monoisotopic (exact) mass is 231 g/mol. The van der Waals surface area contributed by atoms with Crippen LogP contribution in [0.4, 0.5) is 0 Å². The van der Waals surface area contributed by atoms with Gasteiger partial charge in [0.2, 0.25) is 0 Å². The zero-order valence-electron chi connectivity index (χ0n) is 10.2. The lowest BCUT2D eigenvalue weighted by Crippen LogP contribution is -2.24. The van der Waals surface area contributed by atoms with Crippen LogP contribution in [0.5, 0.6) is 0 Å². The van der Waals surface area contributed by atoms with E-state index >= 15 is 0 Å². The van der Waals surface area contributed by atoms with E-state index in [0.717, 1.165) is 30.4 Å². The first-order valence-corrected chi connectivity index (χ1v) is 5.91. The van der Waals surface area contributed by atoms with E-state index in [0.29, 0.717) is 5.56 Å². The fourth-order valence-electron chi connectivity index (χ4n) is 1.76. The van der Waals surface area contributed by atoms with Gasteiger partial charge in [-0.15, -0.1) is 0 Å². The van der Waals surface area contributed by atoms with E-state index in [9.17, 15) is 4.79 Å². The lowest BCUT2D eigenvalue weighted by molar-refractivity contribution is 0.0953. The molecule has 0 aliphatic heterocycles. The SMILES string of the molecule is CCCCNC(=O)c1ccc2c(c1)ncn2C. The van der Waals surface area contributed by atoms with E-state index in [1.165, 1.54) is 0 Å². The Labute approximate surface area is 101 Å². The molecule has 0 saturated heterocycles. The minimum Gasteiger partial charge on any atom is -0.352 e. The van der Waals surface area contributed by atoms with Gasteiger partial charge in [0.05, 0.1) is 17.4 Å². The Hall–Kier alpha value is -1.84. The zero-order chi connectivity index (χ0) is 12.3. The van der Waals surface area contributed by atoms with Gasteiger partial charge in [-0.1, -0.05) is 13.3 Å². The molecule has 1 N–H and O–H groups in total. The van der Waals surface area contributed by atoms with Crippen molar-refractivity contribution in [2.45, 2.75) is 19.8 Å². The first-order chi connectivity index (χ1) is 8.22. The highest BCUT2D eigenvalue weighted by Gasteiger charge is 2.07. The highest BCUT2D eigenvalue weighted by atomic mass is 16.1. The number of hydrogen-bond donors (Lipinski definition) is 1. The molecule has 0 unspecified atom stereocenters. The molecule has 2 aromatic rings. The molecule has 2 rings (SSSR count). The lowest BCUT2D eigenvalue weighted by atomic mass is 10.2. The van der Waals surface area contributed by atoms with Gasteiger partial charge in [0.25, 0.3) is 5.91 Å². The largest absolute Gasteiger partial charge is 0.352 e. The van der Waals surface area contributed by atoms with Gasteiger partial charge in [0.15, 0.2) is 0 Å². The van der Waals surface area contributed by atoms with Gasteiger partial charge in [-0.2, -0.15) is 0 Å². The Morgan fingerprint density at radius 3 is 3.06 bits per heavy atom. The van der Waals surface area contributed by atoms with E-state index in [1.807, 2.05) is 29.8 Å². The van der Waals surface area contributed by atoms with Gasteiger partial charge >= 0.3 is 0 Å². The molecule has 0 fully saturated rings. The van der Waals surface area contributed by atoms with E-state index in [4.69, 9.17) is 0 Å². The number of unbranched alkanes of at least 4 members (excludes halogenated alkanes) is 1. The van der Waals surface area contributed by atoms with Crippen molar-refractivity contribution in [2.75, 3.05) is 6.54 Å². The summed E-state index contributed by atoms with van der Waals surface area (Å²) in [7, 11) is 1.94. The number of fused-ring (bicyclic) bond motifs is 1. The predicted octanol–water partition coefficient (Wildman–Crippen LogP) is 2.10. The van der Waals surface area contributed by atoms with Crippen molar-refractivity contribution >= 4 is 16.9 Å². The number of amides is 1. The summed E-state index contributed by atoms with van der Waals surface area (Å²) >= 11 is 0. The number of hydrogen-bond acceptors (Lipinski definition) is 2. The molecule has 0 aliphatic rings. The molecule has 0 aliphatic carbocycles. The second kappa shape index (κ2) is 4.99. The number of aryl methyl sites for hydroxylation is 1. The summed E-state index contributed by atoms with van der Waals surface area (Å²) in [4.78, 5) is 16.1. The molecule has 17 heavy (non-hydrogen) atoms. The molecule has 0 bridgehead atoms. The number of carbonyl (C=O) groups is 1. The van der Waals surface area contributed by atoms with Crippen molar-refractivity contribution in [2.24, 2.45) is 7.05 Å². The highest BCUT2D eigenvalue weighted by Crippen LogP contribution is 2.13. The molecule has 1 aromatic carbocycles. The number of rotatable bonds is 4. The molecule has 0 saturated carbocycles. The third-order valence-corrected chi connectivity index (χ3v) is 2.80. The molecule has 90 valence electrons. The van der Waals surface area contributed by atoms with E-state index in [-0.39, 0.29) is 5.91 Å². The predicted molar refractivity (Wildman–Crippen MR) is 68.0 cm³/mol. The molecule has 0 atom stereocenters. The highest BCUT2D eigenvalue weighted by molar-refractivity contribution is 5.97. The van der Waals surface area contributed by atoms with Crippen LogP contribution in [0, 0.1) is 0 Å². The molecule has 1 heterocycles. The van der Waals surface area contributed by atoms with Gasteiger partial charge < -0.3 is 9.88 Å². The molecule has 4 heteroatoms. The second-order valence-electron chi connectivity index (χ2n) is 4.17. The van der Waals surface area contributed by atoms with Crippen LogP contribution in [0.25, 0.3) is 11.0 Å². The summed E-state index contributed by atoms with van der Waals surface area (Å²) in [6.07, 6.45) is 3.85. The Morgan fingerprint density at radius 2 is 2.29 bits per heavy atom. The van der Waals surface area contributed by atoms with Crippen LogP contribution in [-0.2, 0) is 7.05 Å². The number of nitrogens with one attached hydrogen (secondary N) is 1. The van der Waals surface area contributed by atoms with Crippen molar-refractivity contribution in [3.63, 3.8) is 0 Å². The van der Waals surface area contributed by atoms with Gasteiger partial charge in [0.1, 0.15) is 0 Å². The Morgan fingerprint density at radius 1 is 1.47 bits per heavy atom. The smallest absolute Gasteiger partial charge is 0.251 e. The fourth-order valence-corrected chi connectivity index (χ4v) is 1.76. The van der Waals surface area contributed by atoms with Crippen molar-refractivity contribution < 1.29 is 4.79 Å². The van der Waals surface area contributed by atoms with Crippen molar-refractivity contribution in [1.82, 2.24) is 14.9 Å². The van der Waals surface area contributed by atoms with E-state index < -0.39 is 0 Å². The maximum absolute atomic E-state index is 11.8. The van der Waals surface area contributed by atoms with Crippen LogP contribution >= 0.6 is 0 Å². The van der Waals surface area contributed by atoms with Crippen LogP contribution in [0.2, 0.25) is 0 Å². The zero-order valence-corrected chi connectivity index (χ0v) is 10.2. The van der Waals surface area contributed by atoms with Gasteiger partial charge in [-0.25, -0.2) is 4.98 Å². The number of carbonyl (C=O) groups excluding carboxylic acids is 1. The van der Waals surface area contributed by atoms with E-state index in [1.54, 1.807) is 6.33 Å². The van der Waals surface area contributed by atoms with Crippen LogP contribution in [0.1, 0.15) is 30.1 Å². The Balaban J connectivity index is 2.15. The van der Waals surface area contributed by atoms with E-state index in [2.05, 4.69) is 17.2 Å². The second-order valence-corrected chi connectivity index (χ2v) is 4.17. The quantitative estimate of drug-likeness (QED) is 0.819. The topological polar surface area (TPSA) is 46.9 Å². The summed E-state index contributed by atoms with van der Waals surface area (Å²) in [6, 6.07) is 5.60.